The number of thiazole rings is 1. The number of aromatic nitrogens is 1. The smallest absolute Gasteiger partial charge is 0.259 e. The number of nitrogens with zero attached hydrogens (tertiary/aromatic N) is 1. The van der Waals surface area contributed by atoms with Gasteiger partial charge in [0, 0.05) is 5.69 Å². The first kappa shape index (κ1) is 16.7. The summed E-state index contributed by atoms with van der Waals surface area (Å²) in [5, 5.41) is 3.89. The molecule has 24 heavy (non-hydrogen) atoms. The van der Waals surface area contributed by atoms with Crippen LogP contribution in [0.3, 0.4) is 0 Å². The number of benzene rings is 2. The summed E-state index contributed by atoms with van der Waals surface area (Å²) >= 11 is 4.99. The molecule has 0 radical (unpaired) electrons. The zero-order valence-corrected chi connectivity index (χ0v) is 15.7. The third-order valence-electron chi connectivity index (χ3n) is 3.45. The lowest BCUT2D eigenvalue weighted by Crippen LogP contribution is -2.13. The van der Waals surface area contributed by atoms with Gasteiger partial charge in [-0.15, -0.1) is 11.3 Å². The highest BCUT2D eigenvalue weighted by atomic mass is 79.9. The lowest BCUT2D eigenvalue weighted by atomic mass is 10.1. The van der Waals surface area contributed by atoms with Crippen molar-refractivity contribution in [3.8, 4) is 11.5 Å². The highest BCUT2D eigenvalue weighted by Gasteiger charge is 2.18. The third-order valence-corrected chi connectivity index (χ3v) is 4.98. The number of rotatable bonds is 4. The maximum atomic E-state index is 12.7. The number of carbonyl (C=O) groups excluding carboxylic acids is 1. The van der Waals surface area contributed by atoms with Crippen molar-refractivity contribution < 1.29 is 14.3 Å². The van der Waals surface area contributed by atoms with Crippen molar-refractivity contribution in [2.45, 2.75) is 6.92 Å². The first-order chi connectivity index (χ1) is 11.5. The van der Waals surface area contributed by atoms with E-state index in [0.29, 0.717) is 27.2 Å². The summed E-state index contributed by atoms with van der Waals surface area (Å²) in [5.41, 5.74) is 2.03. The number of hydrogen-bond donors (Lipinski definition) is 1. The topological polar surface area (TPSA) is 60.5 Å². The van der Waals surface area contributed by atoms with Crippen molar-refractivity contribution in [3.05, 3.63) is 45.4 Å². The van der Waals surface area contributed by atoms with Crippen molar-refractivity contribution in [2.75, 3.05) is 19.5 Å². The molecule has 0 aliphatic heterocycles. The molecule has 3 aromatic rings. The van der Waals surface area contributed by atoms with Gasteiger partial charge in [-0.05, 0) is 53.2 Å². The molecule has 1 heterocycles. The number of nitrogens with one attached hydrogen (secondary N) is 1. The minimum Gasteiger partial charge on any atom is -0.497 e. The molecule has 0 saturated carbocycles. The van der Waals surface area contributed by atoms with Gasteiger partial charge >= 0.3 is 0 Å². The van der Waals surface area contributed by atoms with Crippen LogP contribution in [-0.2, 0) is 0 Å². The Bertz CT molecular complexity index is 924. The zero-order chi connectivity index (χ0) is 17.3. The van der Waals surface area contributed by atoms with Crippen LogP contribution in [0.25, 0.3) is 10.2 Å². The van der Waals surface area contributed by atoms with E-state index in [4.69, 9.17) is 9.47 Å². The number of amides is 1. The fourth-order valence-corrected chi connectivity index (χ4v) is 3.85. The third kappa shape index (κ3) is 3.22. The van der Waals surface area contributed by atoms with Crippen molar-refractivity contribution in [2.24, 2.45) is 0 Å². The van der Waals surface area contributed by atoms with Gasteiger partial charge in [-0.2, -0.15) is 0 Å². The van der Waals surface area contributed by atoms with Gasteiger partial charge in [0.25, 0.3) is 5.91 Å². The highest BCUT2D eigenvalue weighted by molar-refractivity contribution is 9.10. The molecule has 0 atom stereocenters. The number of fused-ring (bicyclic) bond motifs is 1. The van der Waals surface area contributed by atoms with E-state index in [9.17, 15) is 4.79 Å². The van der Waals surface area contributed by atoms with Gasteiger partial charge in [0.2, 0.25) is 0 Å². The molecule has 0 fully saturated rings. The second-order valence-electron chi connectivity index (χ2n) is 5.06. The summed E-state index contributed by atoms with van der Waals surface area (Å²) in [4.78, 5) is 17.1. The average Bonchev–Trinajstić information content (AvgIpc) is 2.93. The number of aryl methyl sites for hydroxylation is 1. The molecule has 124 valence electrons. The number of ether oxygens (including phenoxy) is 2. The molecule has 0 aliphatic carbocycles. The van der Waals surface area contributed by atoms with Crippen molar-refractivity contribution >= 4 is 49.1 Å². The second kappa shape index (κ2) is 6.78. The lowest BCUT2D eigenvalue weighted by molar-refractivity contribution is 0.102. The average molecular weight is 407 g/mol. The minimum absolute atomic E-state index is 0.271. The van der Waals surface area contributed by atoms with Crippen molar-refractivity contribution in [1.82, 2.24) is 4.98 Å². The zero-order valence-electron chi connectivity index (χ0n) is 13.3. The number of halogens is 1. The van der Waals surface area contributed by atoms with Crippen LogP contribution < -0.4 is 14.8 Å². The van der Waals surface area contributed by atoms with Crippen molar-refractivity contribution in [1.29, 1.82) is 0 Å². The summed E-state index contributed by atoms with van der Waals surface area (Å²) in [5.74, 6) is 0.761. The summed E-state index contributed by atoms with van der Waals surface area (Å²) in [6, 6.07) is 9.05. The first-order valence-corrected chi connectivity index (χ1v) is 8.73. The molecule has 1 aromatic heterocycles. The van der Waals surface area contributed by atoms with Crippen LogP contribution in [0.5, 0.6) is 11.5 Å². The highest BCUT2D eigenvalue weighted by Crippen LogP contribution is 2.34. The van der Waals surface area contributed by atoms with Crippen LogP contribution in [-0.4, -0.2) is 25.1 Å². The Morgan fingerprint density at radius 2 is 2.00 bits per heavy atom. The molecule has 0 saturated heterocycles. The number of methoxy groups -OCH3 is 2. The Morgan fingerprint density at radius 1 is 1.21 bits per heavy atom. The van der Waals surface area contributed by atoms with Gasteiger partial charge < -0.3 is 14.8 Å². The van der Waals surface area contributed by atoms with Crippen LogP contribution >= 0.6 is 27.3 Å². The Morgan fingerprint density at radius 3 is 2.71 bits per heavy atom. The van der Waals surface area contributed by atoms with Gasteiger partial charge in [0.1, 0.15) is 11.5 Å². The minimum atomic E-state index is -0.271. The van der Waals surface area contributed by atoms with E-state index in [1.807, 2.05) is 25.1 Å². The van der Waals surface area contributed by atoms with E-state index in [2.05, 4.69) is 26.2 Å². The molecular weight excluding hydrogens is 392 g/mol. The molecule has 0 bridgehead atoms. The van der Waals surface area contributed by atoms with E-state index in [-0.39, 0.29) is 5.91 Å². The van der Waals surface area contributed by atoms with E-state index in [1.54, 1.807) is 30.6 Å². The molecule has 0 aliphatic rings. The van der Waals surface area contributed by atoms with Gasteiger partial charge in [-0.3, -0.25) is 4.79 Å². The fourth-order valence-electron chi connectivity index (χ4n) is 2.38. The van der Waals surface area contributed by atoms with Gasteiger partial charge in [0.15, 0.2) is 0 Å². The second-order valence-corrected chi connectivity index (χ2v) is 7.15. The Kier molecular flexibility index (Phi) is 4.73. The molecular formula is C17H15BrN2O3S. The summed E-state index contributed by atoms with van der Waals surface area (Å²) in [7, 11) is 3.07. The fraction of sp³-hybridized carbons (Fsp3) is 0.176. The predicted molar refractivity (Wildman–Crippen MR) is 99.6 cm³/mol. The number of carbonyl (C=O) groups is 1. The molecule has 1 N–H and O–H groups in total. The Labute approximate surface area is 151 Å². The van der Waals surface area contributed by atoms with Crippen LogP contribution in [0, 0.1) is 6.92 Å². The molecule has 0 spiro atoms. The molecule has 2 aromatic carbocycles. The van der Waals surface area contributed by atoms with Crippen LogP contribution in [0.15, 0.2) is 34.8 Å². The maximum Gasteiger partial charge on any atom is 0.259 e. The SMILES string of the molecule is COc1cc(Br)c(OC)c(C(=O)Nc2ccc3nc(C)sc3c2)c1. The Hall–Kier alpha value is -2.12. The van der Waals surface area contributed by atoms with Gasteiger partial charge in [-0.25, -0.2) is 4.98 Å². The van der Waals surface area contributed by atoms with Gasteiger partial charge in [-0.1, -0.05) is 0 Å². The standard InChI is InChI=1S/C17H15BrN2O3S/c1-9-19-14-5-4-10(6-15(14)24-9)20-17(21)12-7-11(22-2)8-13(18)16(12)23-3/h4-8H,1-3H3,(H,20,21). The first-order valence-electron chi connectivity index (χ1n) is 7.12. The molecule has 3 rings (SSSR count). The van der Waals surface area contributed by atoms with E-state index in [0.717, 1.165) is 15.2 Å². The van der Waals surface area contributed by atoms with Crippen molar-refractivity contribution in [3.63, 3.8) is 0 Å². The number of anilines is 1. The predicted octanol–water partition coefficient (Wildman–Crippen LogP) is 4.64. The quantitative estimate of drug-likeness (QED) is 0.685. The van der Waals surface area contributed by atoms with Gasteiger partial charge in [0.05, 0.1) is 39.5 Å². The molecule has 7 heteroatoms. The van der Waals surface area contributed by atoms with Crippen LogP contribution in [0.2, 0.25) is 0 Å². The summed E-state index contributed by atoms with van der Waals surface area (Å²) in [6.07, 6.45) is 0. The largest absolute Gasteiger partial charge is 0.497 e. The summed E-state index contributed by atoms with van der Waals surface area (Å²) in [6.45, 7) is 1.96. The molecule has 5 nitrogen and oxygen atoms in total. The van der Waals surface area contributed by atoms with E-state index < -0.39 is 0 Å². The monoisotopic (exact) mass is 406 g/mol. The normalized spacial score (nSPS) is 10.7. The molecule has 1 amide bonds. The van der Waals surface area contributed by atoms with Crippen LogP contribution in [0.4, 0.5) is 5.69 Å². The Balaban J connectivity index is 1.94. The maximum absolute atomic E-state index is 12.7. The van der Waals surface area contributed by atoms with Crippen LogP contribution in [0.1, 0.15) is 15.4 Å². The molecule has 0 unspecified atom stereocenters. The van der Waals surface area contributed by atoms with E-state index >= 15 is 0 Å². The lowest BCUT2D eigenvalue weighted by Gasteiger charge is -2.13. The summed E-state index contributed by atoms with van der Waals surface area (Å²) < 4.78 is 12.2. The number of hydrogen-bond acceptors (Lipinski definition) is 5. The van der Waals surface area contributed by atoms with E-state index in [1.165, 1.54) is 7.11 Å².